The predicted molar refractivity (Wildman–Crippen MR) is 79.4 cm³/mol. The van der Waals surface area contributed by atoms with E-state index in [9.17, 15) is 9.59 Å². The molecule has 0 heterocycles. The van der Waals surface area contributed by atoms with Crippen LogP contribution >= 0.6 is 0 Å². The lowest BCUT2D eigenvalue weighted by atomic mass is 10.2. The molecule has 108 valence electrons. The highest BCUT2D eigenvalue weighted by Gasteiger charge is 2.07. The molecule has 5 heteroatoms. The van der Waals surface area contributed by atoms with Crippen LogP contribution in [0.4, 0.5) is 0 Å². The Morgan fingerprint density at radius 3 is 2.19 bits per heavy atom. The van der Waals surface area contributed by atoms with Crippen molar-refractivity contribution in [2.24, 2.45) is 0 Å². The van der Waals surface area contributed by atoms with E-state index in [1.807, 2.05) is 30.3 Å². The van der Waals surface area contributed by atoms with Gasteiger partial charge in [0.15, 0.2) is 0 Å². The Balaban J connectivity index is 1.95. The van der Waals surface area contributed by atoms with Crippen LogP contribution < -0.4 is 15.4 Å². The van der Waals surface area contributed by atoms with E-state index in [2.05, 4.69) is 10.6 Å². The van der Waals surface area contributed by atoms with Crippen molar-refractivity contribution in [2.75, 3.05) is 13.6 Å². The summed E-state index contributed by atoms with van der Waals surface area (Å²) >= 11 is 0. The Kier molecular flexibility index (Phi) is 4.93. The minimum atomic E-state index is -0.301. The molecule has 2 N–H and O–H groups in total. The molecule has 0 radical (unpaired) electrons. The summed E-state index contributed by atoms with van der Waals surface area (Å²) < 4.78 is 5.63. The van der Waals surface area contributed by atoms with Crippen molar-refractivity contribution in [1.82, 2.24) is 10.6 Å². The molecule has 0 aliphatic heterocycles. The SMILES string of the molecule is CNC(=O)CNC(=O)c1ccc(Oc2ccccc2)cc1. The maximum absolute atomic E-state index is 11.8. The highest BCUT2D eigenvalue weighted by atomic mass is 16.5. The van der Waals surface area contributed by atoms with Gasteiger partial charge in [-0.1, -0.05) is 18.2 Å². The van der Waals surface area contributed by atoms with Crippen molar-refractivity contribution in [1.29, 1.82) is 0 Å². The Hall–Kier alpha value is -2.82. The van der Waals surface area contributed by atoms with Crippen LogP contribution in [0.1, 0.15) is 10.4 Å². The van der Waals surface area contributed by atoms with Gasteiger partial charge in [-0.3, -0.25) is 9.59 Å². The predicted octanol–water partition coefficient (Wildman–Crippen LogP) is 1.95. The van der Waals surface area contributed by atoms with Gasteiger partial charge in [-0.2, -0.15) is 0 Å². The summed E-state index contributed by atoms with van der Waals surface area (Å²) in [6.07, 6.45) is 0. The van der Waals surface area contributed by atoms with Gasteiger partial charge in [-0.05, 0) is 36.4 Å². The molecule has 0 saturated heterocycles. The molecule has 21 heavy (non-hydrogen) atoms. The third-order valence-electron chi connectivity index (χ3n) is 2.78. The number of rotatable bonds is 5. The number of carbonyl (C=O) groups excluding carboxylic acids is 2. The van der Waals surface area contributed by atoms with Crippen LogP contribution in [0.15, 0.2) is 54.6 Å². The summed E-state index contributed by atoms with van der Waals surface area (Å²) in [6, 6.07) is 16.1. The summed E-state index contributed by atoms with van der Waals surface area (Å²) in [5.74, 6) is 0.829. The summed E-state index contributed by atoms with van der Waals surface area (Å²) in [4.78, 5) is 22.9. The van der Waals surface area contributed by atoms with E-state index in [4.69, 9.17) is 4.74 Å². The molecular formula is C16H16N2O3. The Bertz CT molecular complexity index is 609. The highest BCUT2D eigenvalue weighted by Crippen LogP contribution is 2.20. The lowest BCUT2D eigenvalue weighted by Crippen LogP contribution is -2.35. The normalized spacial score (nSPS) is 9.76. The number of nitrogens with one attached hydrogen (secondary N) is 2. The first-order valence-electron chi connectivity index (χ1n) is 6.51. The molecule has 0 bridgehead atoms. The largest absolute Gasteiger partial charge is 0.457 e. The molecule has 0 aliphatic carbocycles. The van der Waals surface area contributed by atoms with E-state index in [-0.39, 0.29) is 18.4 Å². The Morgan fingerprint density at radius 1 is 0.952 bits per heavy atom. The van der Waals surface area contributed by atoms with Crippen LogP contribution in [0.25, 0.3) is 0 Å². The van der Waals surface area contributed by atoms with Gasteiger partial charge in [-0.15, -0.1) is 0 Å². The highest BCUT2D eigenvalue weighted by molar-refractivity contribution is 5.96. The maximum atomic E-state index is 11.8. The first kappa shape index (κ1) is 14.6. The van der Waals surface area contributed by atoms with Crippen molar-refractivity contribution >= 4 is 11.8 Å². The number of hydrogen-bond donors (Lipinski definition) is 2. The van der Waals surface area contributed by atoms with Gasteiger partial charge >= 0.3 is 0 Å². The standard InChI is InChI=1S/C16H16N2O3/c1-17-15(19)11-18-16(20)12-7-9-14(10-8-12)21-13-5-3-2-4-6-13/h2-10H,11H2,1H3,(H,17,19)(H,18,20). The van der Waals surface area contributed by atoms with Gasteiger partial charge in [0.05, 0.1) is 6.54 Å². The van der Waals surface area contributed by atoms with Crippen LogP contribution in [0.2, 0.25) is 0 Å². The molecule has 0 spiro atoms. The molecule has 2 amide bonds. The Morgan fingerprint density at radius 2 is 1.57 bits per heavy atom. The molecule has 5 nitrogen and oxygen atoms in total. The molecule has 0 aliphatic rings. The second kappa shape index (κ2) is 7.09. The van der Waals surface area contributed by atoms with Gasteiger partial charge < -0.3 is 15.4 Å². The van der Waals surface area contributed by atoms with E-state index in [0.717, 1.165) is 5.75 Å². The quantitative estimate of drug-likeness (QED) is 0.882. The number of ether oxygens (including phenoxy) is 1. The van der Waals surface area contributed by atoms with Gasteiger partial charge in [-0.25, -0.2) is 0 Å². The van der Waals surface area contributed by atoms with E-state index >= 15 is 0 Å². The molecule has 0 unspecified atom stereocenters. The number of benzene rings is 2. The fraction of sp³-hybridized carbons (Fsp3) is 0.125. The van der Waals surface area contributed by atoms with Crippen LogP contribution in [0.5, 0.6) is 11.5 Å². The zero-order valence-corrected chi connectivity index (χ0v) is 11.6. The molecule has 0 atom stereocenters. The summed E-state index contributed by atoms with van der Waals surface area (Å²) in [6.45, 7) is -0.0440. The lowest BCUT2D eigenvalue weighted by Gasteiger charge is -2.07. The van der Waals surface area contributed by atoms with Crippen LogP contribution in [-0.4, -0.2) is 25.4 Å². The van der Waals surface area contributed by atoms with Crippen molar-refractivity contribution in [3.8, 4) is 11.5 Å². The van der Waals surface area contributed by atoms with Crippen LogP contribution in [-0.2, 0) is 4.79 Å². The fourth-order valence-electron chi connectivity index (χ4n) is 1.65. The molecule has 2 aromatic carbocycles. The second-order valence-electron chi connectivity index (χ2n) is 4.30. The van der Waals surface area contributed by atoms with Crippen molar-refractivity contribution in [3.05, 3.63) is 60.2 Å². The third-order valence-corrected chi connectivity index (χ3v) is 2.78. The van der Waals surface area contributed by atoms with Gasteiger partial charge in [0.1, 0.15) is 11.5 Å². The van der Waals surface area contributed by atoms with Crippen molar-refractivity contribution in [2.45, 2.75) is 0 Å². The Labute approximate surface area is 122 Å². The van der Waals surface area contributed by atoms with E-state index in [1.54, 1.807) is 24.3 Å². The minimum absolute atomic E-state index is 0.0440. The van der Waals surface area contributed by atoms with Crippen LogP contribution in [0, 0.1) is 0 Å². The van der Waals surface area contributed by atoms with E-state index < -0.39 is 0 Å². The molecule has 2 aromatic rings. The van der Waals surface area contributed by atoms with Crippen molar-refractivity contribution in [3.63, 3.8) is 0 Å². The summed E-state index contributed by atoms with van der Waals surface area (Å²) in [5, 5.41) is 4.96. The van der Waals surface area contributed by atoms with Gasteiger partial charge in [0.25, 0.3) is 5.91 Å². The average Bonchev–Trinajstić information content (AvgIpc) is 2.54. The van der Waals surface area contributed by atoms with E-state index in [0.29, 0.717) is 11.3 Å². The summed E-state index contributed by atoms with van der Waals surface area (Å²) in [5.41, 5.74) is 0.472. The zero-order chi connectivity index (χ0) is 15.1. The number of para-hydroxylation sites is 1. The number of carbonyl (C=O) groups is 2. The monoisotopic (exact) mass is 284 g/mol. The average molecular weight is 284 g/mol. The zero-order valence-electron chi connectivity index (χ0n) is 11.6. The fourth-order valence-corrected chi connectivity index (χ4v) is 1.65. The van der Waals surface area contributed by atoms with Crippen LogP contribution in [0.3, 0.4) is 0 Å². The summed E-state index contributed by atoms with van der Waals surface area (Å²) in [7, 11) is 1.52. The number of hydrogen-bond acceptors (Lipinski definition) is 3. The van der Waals surface area contributed by atoms with E-state index in [1.165, 1.54) is 7.05 Å². The maximum Gasteiger partial charge on any atom is 0.251 e. The minimum Gasteiger partial charge on any atom is -0.457 e. The second-order valence-corrected chi connectivity index (χ2v) is 4.30. The molecule has 0 aromatic heterocycles. The molecule has 2 rings (SSSR count). The van der Waals surface area contributed by atoms with Gasteiger partial charge in [0.2, 0.25) is 5.91 Å². The molecule has 0 saturated carbocycles. The smallest absolute Gasteiger partial charge is 0.251 e. The third kappa shape index (κ3) is 4.35. The van der Waals surface area contributed by atoms with Gasteiger partial charge in [0, 0.05) is 12.6 Å². The first-order valence-corrected chi connectivity index (χ1v) is 6.51. The number of likely N-dealkylation sites (N-methyl/N-ethyl adjacent to an activating group) is 1. The topological polar surface area (TPSA) is 67.4 Å². The molecular weight excluding hydrogens is 268 g/mol. The lowest BCUT2D eigenvalue weighted by molar-refractivity contribution is -0.119. The van der Waals surface area contributed by atoms with Crippen molar-refractivity contribution < 1.29 is 14.3 Å². The number of amides is 2. The first-order chi connectivity index (χ1) is 10.2. The molecule has 0 fully saturated rings.